The van der Waals surface area contributed by atoms with Crippen molar-refractivity contribution >= 4 is 23.2 Å². The van der Waals surface area contributed by atoms with Crippen LogP contribution in [0.25, 0.3) is 0 Å². The van der Waals surface area contributed by atoms with Gasteiger partial charge in [-0.25, -0.2) is 9.97 Å². The second kappa shape index (κ2) is 9.20. The fraction of sp³-hybridized carbons (Fsp3) is 0.368. The fourth-order valence-corrected chi connectivity index (χ4v) is 2.69. The van der Waals surface area contributed by atoms with Crippen LogP contribution in [0, 0.1) is 0 Å². The first-order valence-corrected chi connectivity index (χ1v) is 8.90. The largest absolute Gasteiger partial charge is 0.379 e. The monoisotopic (exact) mass is 369 g/mol. The van der Waals surface area contributed by atoms with Gasteiger partial charge in [0.25, 0.3) is 5.91 Å². The molecule has 0 bridgehead atoms. The number of hydrogen-bond acceptors (Lipinski definition) is 7. The third kappa shape index (κ3) is 5.57. The number of carbonyl (C=O) groups is 2. The highest BCUT2D eigenvalue weighted by molar-refractivity contribution is 6.03. The van der Waals surface area contributed by atoms with Crippen molar-refractivity contribution in [1.29, 1.82) is 0 Å². The second-order valence-corrected chi connectivity index (χ2v) is 6.26. The Labute approximate surface area is 158 Å². The van der Waals surface area contributed by atoms with Crippen LogP contribution in [0.15, 0.2) is 36.7 Å². The minimum atomic E-state index is -0.349. The molecule has 2 N–H and O–H groups in total. The predicted octanol–water partition coefficient (Wildman–Crippen LogP) is 1.68. The van der Waals surface area contributed by atoms with Crippen LogP contribution in [0.3, 0.4) is 0 Å². The van der Waals surface area contributed by atoms with Crippen molar-refractivity contribution in [1.82, 2.24) is 14.9 Å². The van der Waals surface area contributed by atoms with Crippen molar-refractivity contribution in [3.63, 3.8) is 0 Å². The number of nitrogens with one attached hydrogen (secondary N) is 2. The zero-order valence-corrected chi connectivity index (χ0v) is 15.3. The maximum absolute atomic E-state index is 12.2. The SMILES string of the molecule is CC(=O)c1ccc(NC(=O)c2cnc(NCCN3CCOCC3)cn2)cc1. The molecule has 1 aliphatic heterocycles. The van der Waals surface area contributed by atoms with E-state index in [4.69, 9.17) is 4.74 Å². The molecule has 1 aromatic heterocycles. The standard InChI is InChI=1S/C19H23N5O3/c1-14(25)15-2-4-16(5-3-15)23-19(26)17-12-22-18(13-21-17)20-6-7-24-8-10-27-11-9-24/h2-5,12-13H,6-11H2,1H3,(H,20,22)(H,23,26). The Kier molecular flexibility index (Phi) is 6.45. The smallest absolute Gasteiger partial charge is 0.275 e. The number of benzene rings is 1. The van der Waals surface area contributed by atoms with Crippen LogP contribution in [0.1, 0.15) is 27.8 Å². The van der Waals surface area contributed by atoms with Gasteiger partial charge in [0, 0.05) is 37.4 Å². The lowest BCUT2D eigenvalue weighted by Crippen LogP contribution is -2.39. The van der Waals surface area contributed by atoms with E-state index in [0.29, 0.717) is 17.1 Å². The summed E-state index contributed by atoms with van der Waals surface area (Å²) in [5.74, 6) is 0.263. The molecule has 1 amide bonds. The highest BCUT2D eigenvalue weighted by Gasteiger charge is 2.11. The third-order valence-electron chi connectivity index (χ3n) is 4.27. The summed E-state index contributed by atoms with van der Waals surface area (Å²) in [5.41, 5.74) is 1.42. The maximum atomic E-state index is 12.2. The number of Topliss-reactive ketones (excluding diaryl/α,β-unsaturated/α-hetero) is 1. The average Bonchev–Trinajstić information content (AvgIpc) is 2.70. The lowest BCUT2D eigenvalue weighted by atomic mass is 10.1. The molecule has 0 spiro atoms. The van der Waals surface area contributed by atoms with Gasteiger partial charge in [-0.1, -0.05) is 0 Å². The molecular formula is C19H23N5O3. The van der Waals surface area contributed by atoms with E-state index in [2.05, 4.69) is 25.5 Å². The van der Waals surface area contributed by atoms with Crippen molar-refractivity contribution < 1.29 is 14.3 Å². The first kappa shape index (κ1) is 18.9. The van der Waals surface area contributed by atoms with Crippen molar-refractivity contribution in [2.24, 2.45) is 0 Å². The predicted molar refractivity (Wildman–Crippen MR) is 102 cm³/mol. The summed E-state index contributed by atoms with van der Waals surface area (Å²) >= 11 is 0. The normalized spacial score (nSPS) is 14.6. The Balaban J connectivity index is 1.48. The molecule has 27 heavy (non-hydrogen) atoms. The highest BCUT2D eigenvalue weighted by atomic mass is 16.5. The van der Waals surface area contributed by atoms with E-state index in [1.165, 1.54) is 13.1 Å². The Bertz CT molecular complexity index is 771. The van der Waals surface area contributed by atoms with E-state index in [1.807, 2.05) is 0 Å². The summed E-state index contributed by atoms with van der Waals surface area (Å²) in [6.07, 6.45) is 2.99. The Hall–Kier alpha value is -2.84. The molecule has 0 unspecified atom stereocenters. The topological polar surface area (TPSA) is 96.5 Å². The number of hydrogen-bond donors (Lipinski definition) is 2. The van der Waals surface area contributed by atoms with E-state index in [-0.39, 0.29) is 17.4 Å². The highest BCUT2D eigenvalue weighted by Crippen LogP contribution is 2.11. The minimum absolute atomic E-state index is 0.0181. The quantitative estimate of drug-likeness (QED) is 0.717. The number of morpholine rings is 1. The van der Waals surface area contributed by atoms with Crippen LogP contribution in [0.2, 0.25) is 0 Å². The van der Waals surface area contributed by atoms with E-state index in [0.717, 1.165) is 39.4 Å². The number of aromatic nitrogens is 2. The molecule has 1 aliphatic rings. The van der Waals surface area contributed by atoms with Crippen molar-refractivity contribution in [3.05, 3.63) is 47.9 Å². The molecule has 2 aromatic rings. The lowest BCUT2D eigenvalue weighted by molar-refractivity contribution is 0.0398. The van der Waals surface area contributed by atoms with Gasteiger partial charge < -0.3 is 15.4 Å². The van der Waals surface area contributed by atoms with Crippen LogP contribution in [0.4, 0.5) is 11.5 Å². The van der Waals surface area contributed by atoms with Gasteiger partial charge in [-0.2, -0.15) is 0 Å². The van der Waals surface area contributed by atoms with Gasteiger partial charge >= 0.3 is 0 Å². The first-order chi connectivity index (χ1) is 13.1. The fourth-order valence-electron chi connectivity index (χ4n) is 2.69. The van der Waals surface area contributed by atoms with Crippen LogP contribution in [0.5, 0.6) is 0 Å². The number of ether oxygens (including phenoxy) is 1. The number of nitrogens with zero attached hydrogens (tertiary/aromatic N) is 3. The van der Waals surface area contributed by atoms with Crippen LogP contribution in [-0.4, -0.2) is 66.0 Å². The van der Waals surface area contributed by atoms with Crippen LogP contribution >= 0.6 is 0 Å². The van der Waals surface area contributed by atoms with Crippen LogP contribution < -0.4 is 10.6 Å². The third-order valence-corrected chi connectivity index (χ3v) is 4.27. The Morgan fingerprint density at radius 3 is 2.48 bits per heavy atom. The lowest BCUT2D eigenvalue weighted by Gasteiger charge is -2.26. The molecule has 8 heteroatoms. The van der Waals surface area contributed by atoms with Gasteiger partial charge in [-0.05, 0) is 31.2 Å². The summed E-state index contributed by atoms with van der Waals surface area (Å²) < 4.78 is 5.32. The summed E-state index contributed by atoms with van der Waals surface area (Å²) in [4.78, 5) is 34.2. The molecular weight excluding hydrogens is 346 g/mol. The van der Waals surface area contributed by atoms with E-state index < -0.39 is 0 Å². The molecule has 0 radical (unpaired) electrons. The molecule has 0 aliphatic carbocycles. The van der Waals surface area contributed by atoms with Gasteiger partial charge in [0.2, 0.25) is 0 Å². The van der Waals surface area contributed by atoms with E-state index in [9.17, 15) is 9.59 Å². The number of anilines is 2. The average molecular weight is 369 g/mol. The van der Waals surface area contributed by atoms with E-state index in [1.54, 1.807) is 30.5 Å². The van der Waals surface area contributed by atoms with Gasteiger partial charge in [0.1, 0.15) is 11.5 Å². The zero-order chi connectivity index (χ0) is 19.1. The van der Waals surface area contributed by atoms with Gasteiger partial charge in [0.05, 0.1) is 25.6 Å². The number of rotatable bonds is 7. The Morgan fingerprint density at radius 1 is 1.11 bits per heavy atom. The molecule has 1 aromatic carbocycles. The first-order valence-electron chi connectivity index (χ1n) is 8.90. The van der Waals surface area contributed by atoms with Crippen molar-refractivity contribution in [2.45, 2.75) is 6.92 Å². The maximum Gasteiger partial charge on any atom is 0.275 e. The van der Waals surface area contributed by atoms with Gasteiger partial charge in [-0.15, -0.1) is 0 Å². The zero-order valence-electron chi connectivity index (χ0n) is 15.3. The summed E-state index contributed by atoms with van der Waals surface area (Å²) in [6.45, 7) is 6.61. The molecule has 1 saturated heterocycles. The molecule has 8 nitrogen and oxygen atoms in total. The number of carbonyl (C=O) groups excluding carboxylic acids is 2. The molecule has 3 rings (SSSR count). The summed E-state index contributed by atoms with van der Waals surface area (Å²) in [6, 6.07) is 6.71. The Morgan fingerprint density at radius 2 is 1.85 bits per heavy atom. The van der Waals surface area contributed by atoms with Gasteiger partial charge in [0.15, 0.2) is 5.78 Å². The van der Waals surface area contributed by atoms with Crippen LogP contribution in [-0.2, 0) is 4.74 Å². The van der Waals surface area contributed by atoms with Gasteiger partial charge in [-0.3, -0.25) is 14.5 Å². The molecule has 2 heterocycles. The number of amides is 1. The van der Waals surface area contributed by atoms with E-state index >= 15 is 0 Å². The summed E-state index contributed by atoms with van der Waals surface area (Å²) in [7, 11) is 0. The molecule has 0 atom stereocenters. The molecule has 142 valence electrons. The molecule has 1 fully saturated rings. The number of ketones is 1. The summed E-state index contributed by atoms with van der Waals surface area (Å²) in [5, 5.41) is 5.94. The second-order valence-electron chi connectivity index (χ2n) is 6.26. The van der Waals surface area contributed by atoms with Crippen molar-refractivity contribution in [2.75, 3.05) is 50.0 Å². The van der Waals surface area contributed by atoms with Crippen molar-refractivity contribution in [3.8, 4) is 0 Å². The minimum Gasteiger partial charge on any atom is -0.379 e. The molecule has 0 saturated carbocycles.